The van der Waals surface area contributed by atoms with Gasteiger partial charge in [0, 0.05) is 5.56 Å². The lowest BCUT2D eigenvalue weighted by molar-refractivity contribution is -0.710. The smallest absolute Gasteiger partial charge is 0.319 e. The second-order valence-electron chi connectivity index (χ2n) is 4.30. The Morgan fingerprint density at radius 1 is 1.26 bits per heavy atom. The highest BCUT2D eigenvalue weighted by molar-refractivity contribution is 5.95. The molecule has 7 heteroatoms. The average molecular weight is 272 g/mol. The van der Waals surface area contributed by atoms with Gasteiger partial charge in [-0.2, -0.15) is 0 Å². The first kappa shape index (κ1) is 15.0. The van der Waals surface area contributed by atoms with Gasteiger partial charge in [0.05, 0.1) is 0 Å². The number of rotatable bonds is 4. The van der Waals surface area contributed by atoms with Crippen molar-refractivity contribution >= 4 is 11.9 Å². The summed E-state index contributed by atoms with van der Waals surface area (Å²) in [6.07, 6.45) is 0. The maximum atomic E-state index is 13.1. The maximum Gasteiger partial charge on any atom is 0.319 e. The third-order valence-corrected chi connectivity index (χ3v) is 2.71. The predicted molar refractivity (Wildman–Crippen MR) is 63.9 cm³/mol. The molecule has 2 atom stereocenters. The zero-order chi connectivity index (χ0) is 14.6. The van der Waals surface area contributed by atoms with Crippen LogP contribution in [-0.2, 0) is 4.79 Å². The Bertz CT molecular complexity index is 494. The van der Waals surface area contributed by atoms with Gasteiger partial charge in [0.25, 0.3) is 5.91 Å². The van der Waals surface area contributed by atoms with Crippen molar-refractivity contribution in [2.45, 2.75) is 25.9 Å². The Morgan fingerprint density at radius 2 is 1.89 bits per heavy atom. The number of nitrogens with one attached hydrogen (secondary N) is 1. The van der Waals surface area contributed by atoms with E-state index in [4.69, 9.17) is 5.73 Å². The maximum absolute atomic E-state index is 13.1. The van der Waals surface area contributed by atoms with Crippen LogP contribution in [0.3, 0.4) is 0 Å². The molecule has 0 bridgehead atoms. The van der Waals surface area contributed by atoms with Gasteiger partial charge in [-0.05, 0) is 32.0 Å². The van der Waals surface area contributed by atoms with E-state index in [0.29, 0.717) is 5.56 Å². The van der Waals surface area contributed by atoms with Crippen molar-refractivity contribution in [3.8, 4) is 0 Å². The molecule has 3 amide bonds. The fourth-order valence-corrected chi connectivity index (χ4v) is 1.66. The Kier molecular flexibility index (Phi) is 4.94. The van der Waals surface area contributed by atoms with E-state index in [9.17, 15) is 18.4 Å². The minimum atomic E-state index is -0.938. The zero-order valence-corrected chi connectivity index (χ0v) is 10.6. The molecule has 0 fully saturated rings. The number of imide groups is 1. The predicted octanol–water partition coefficient (Wildman–Crippen LogP) is 0.173. The monoisotopic (exact) mass is 272 g/mol. The molecule has 0 radical (unpaired) electrons. The molecule has 1 aromatic carbocycles. The van der Waals surface area contributed by atoms with E-state index in [-0.39, 0.29) is 6.04 Å². The number of nitrogens with two attached hydrogens (primary N) is 2. The number of hydrogen-bond acceptors (Lipinski definition) is 2. The third kappa shape index (κ3) is 4.29. The molecule has 0 saturated heterocycles. The Balaban J connectivity index is 2.68. The lowest BCUT2D eigenvalue weighted by Gasteiger charge is -2.16. The van der Waals surface area contributed by atoms with Crippen molar-refractivity contribution in [1.82, 2.24) is 5.32 Å². The zero-order valence-electron chi connectivity index (χ0n) is 10.6. The molecule has 5 nitrogen and oxygen atoms in total. The molecule has 1 rings (SSSR count). The summed E-state index contributed by atoms with van der Waals surface area (Å²) in [6, 6.07) is 1.77. The molecule has 19 heavy (non-hydrogen) atoms. The normalized spacial score (nSPS) is 13.7. The van der Waals surface area contributed by atoms with E-state index in [1.54, 1.807) is 19.2 Å². The summed E-state index contributed by atoms with van der Waals surface area (Å²) in [4.78, 5) is 22.0. The quantitative estimate of drug-likeness (QED) is 0.729. The largest absolute Gasteiger partial charge is 0.351 e. The molecule has 1 aromatic rings. The summed E-state index contributed by atoms with van der Waals surface area (Å²) >= 11 is 0. The van der Waals surface area contributed by atoms with Gasteiger partial charge in [0.2, 0.25) is 0 Å². The number of carbonyl (C=O) groups excluding carboxylic acids is 2. The van der Waals surface area contributed by atoms with Crippen molar-refractivity contribution in [2.75, 3.05) is 0 Å². The molecular weight excluding hydrogens is 256 g/mol. The molecule has 0 aliphatic carbocycles. The highest BCUT2D eigenvalue weighted by Gasteiger charge is 2.21. The van der Waals surface area contributed by atoms with Crippen molar-refractivity contribution in [3.63, 3.8) is 0 Å². The summed E-state index contributed by atoms with van der Waals surface area (Å²) in [7, 11) is 0. The van der Waals surface area contributed by atoms with E-state index < -0.39 is 29.6 Å². The van der Waals surface area contributed by atoms with Crippen LogP contribution < -0.4 is 16.4 Å². The second kappa shape index (κ2) is 6.24. The topological polar surface area (TPSA) is 88.8 Å². The van der Waals surface area contributed by atoms with Gasteiger partial charge >= 0.3 is 6.03 Å². The van der Waals surface area contributed by atoms with Gasteiger partial charge in [0.1, 0.15) is 6.04 Å². The molecule has 0 spiro atoms. The third-order valence-electron chi connectivity index (χ3n) is 2.71. The van der Waals surface area contributed by atoms with Gasteiger partial charge in [-0.3, -0.25) is 10.1 Å². The van der Waals surface area contributed by atoms with Crippen LogP contribution in [0.4, 0.5) is 13.6 Å². The highest BCUT2D eigenvalue weighted by Crippen LogP contribution is 2.13. The summed E-state index contributed by atoms with van der Waals surface area (Å²) in [5, 5.41) is 3.57. The summed E-state index contributed by atoms with van der Waals surface area (Å²) in [5.41, 5.74) is 5.37. The summed E-state index contributed by atoms with van der Waals surface area (Å²) < 4.78 is 25.9. The van der Waals surface area contributed by atoms with Gasteiger partial charge in [-0.25, -0.2) is 13.6 Å². The van der Waals surface area contributed by atoms with E-state index in [0.717, 1.165) is 12.1 Å². The molecule has 0 unspecified atom stereocenters. The molecule has 0 aliphatic rings. The molecule has 0 saturated carbocycles. The average Bonchev–Trinajstić information content (AvgIpc) is 2.31. The van der Waals surface area contributed by atoms with Crippen LogP contribution in [0.15, 0.2) is 18.2 Å². The van der Waals surface area contributed by atoms with Crippen LogP contribution in [0.25, 0.3) is 0 Å². The standard InChI is InChI=1S/C12H15F2N3O2/c1-6(8-3-4-9(13)10(14)5-8)16-7(2)11(18)17-12(15)19/h3-7,16H,1-2H3,(H3,15,17,18,19)/p+1/t6-,7+/m0/s1. The summed E-state index contributed by atoms with van der Waals surface area (Å²) in [5.74, 6) is -2.40. The van der Waals surface area contributed by atoms with Gasteiger partial charge in [-0.15, -0.1) is 0 Å². The van der Waals surface area contributed by atoms with Crippen molar-refractivity contribution < 1.29 is 23.7 Å². The van der Waals surface area contributed by atoms with Crippen LogP contribution in [0, 0.1) is 11.6 Å². The number of urea groups is 1. The van der Waals surface area contributed by atoms with E-state index in [2.05, 4.69) is 0 Å². The number of benzene rings is 1. The number of carbonyl (C=O) groups is 2. The molecular formula is C12H16F2N3O2+. The Hall–Kier alpha value is -2.02. The molecule has 0 heterocycles. The Labute approximate surface area is 109 Å². The van der Waals surface area contributed by atoms with Gasteiger partial charge in [0.15, 0.2) is 17.7 Å². The fraction of sp³-hybridized carbons (Fsp3) is 0.333. The van der Waals surface area contributed by atoms with Crippen LogP contribution in [-0.4, -0.2) is 18.0 Å². The molecule has 5 N–H and O–H groups in total. The van der Waals surface area contributed by atoms with Gasteiger partial charge < -0.3 is 11.1 Å². The molecule has 0 aliphatic heterocycles. The van der Waals surface area contributed by atoms with Gasteiger partial charge in [-0.1, -0.05) is 0 Å². The lowest BCUT2D eigenvalue weighted by Crippen LogP contribution is -2.92. The first-order valence-electron chi connectivity index (χ1n) is 5.71. The molecule has 0 aromatic heterocycles. The number of hydrogen-bond donors (Lipinski definition) is 3. The number of primary amides is 1. The minimum Gasteiger partial charge on any atom is -0.351 e. The van der Waals surface area contributed by atoms with Crippen LogP contribution in [0.5, 0.6) is 0 Å². The van der Waals surface area contributed by atoms with E-state index in [1.165, 1.54) is 6.07 Å². The first-order chi connectivity index (χ1) is 8.81. The summed E-state index contributed by atoms with van der Waals surface area (Å²) in [6.45, 7) is 3.31. The van der Waals surface area contributed by atoms with Crippen molar-refractivity contribution in [1.29, 1.82) is 0 Å². The van der Waals surface area contributed by atoms with Crippen LogP contribution in [0.1, 0.15) is 25.5 Å². The Morgan fingerprint density at radius 3 is 2.42 bits per heavy atom. The number of amides is 3. The SMILES string of the molecule is C[C@H]([NH2+][C@H](C)C(=O)NC(N)=O)c1ccc(F)c(F)c1. The van der Waals surface area contributed by atoms with Crippen molar-refractivity contribution in [2.24, 2.45) is 5.73 Å². The van der Waals surface area contributed by atoms with E-state index in [1.807, 2.05) is 5.32 Å². The van der Waals surface area contributed by atoms with Crippen LogP contribution >= 0.6 is 0 Å². The first-order valence-corrected chi connectivity index (χ1v) is 5.71. The van der Waals surface area contributed by atoms with Crippen molar-refractivity contribution in [3.05, 3.63) is 35.4 Å². The van der Waals surface area contributed by atoms with Crippen LogP contribution in [0.2, 0.25) is 0 Å². The van der Waals surface area contributed by atoms with E-state index >= 15 is 0 Å². The second-order valence-corrected chi connectivity index (χ2v) is 4.30. The highest BCUT2D eigenvalue weighted by atomic mass is 19.2. The lowest BCUT2D eigenvalue weighted by atomic mass is 10.1. The minimum absolute atomic E-state index is 0.274. The number of quaternary nitrogens is 1. The number of halogens is 2. The molecule has 104 valence electrons. The fourth-order valence-electron chi connectivity index (χ4n) is 1.66.